The van der Waals surface area contributed by atoms with E-state index in [1.807, 2.05) is 12.1 Å². The Morgan fingerprint density at radius 2 is 0.966 bits per heavy atom. The molecule has 0 unspecified atom stereocenters. The van der Waals surface area contributed by atoms with Gasteiger partial charge in [-0.2, -0.15) is 0 Å². The Kier molecular flexibility index (Phi) is 2.87. The standard InChI is InChI=1S/C24H12O5/c25-13-3-7-15-11(9-13)1-5-17-19(15)20-16-8-4-14(26)10-12(16)2-6-18(20)22-21(17)23(27)29-24(22)28/h1-10,25-26H. The maximum atomic E-state index is 12.5. The van der Waals surface area contributed by atoms with Gasteiger partial charge in [0.15, 0.2) is 0 Å². The summed E-state index contributed by atoms with van der Waals surface area (Å²) >= 11 is 0. The molecule has 0 atom stereocenters. The minimum absolute atomic E-state index is 0.145. The van der Waals surface area contributed by atoms with Crippen LogP contribution in [-0.2, 0) is 4.74 Å². The van der Waals surface area contributed by atoms with E-state index in [9.17, 15) is 19.8 Å². The molecule has 2 N–H and O–H groups in total. The first-order valence-corrected chi connectivity index (χ1v) is 9.06. The van der Waals surface area contributed by atoms with E-state index < -0.39 is 11.9 Å². The number of hydrogen-bond donors (Lipinski definition) is 2. The van der Waals surface area contributed by atoms with Gasteiger partial charge in [-0.3, -0.25) is 0 Å². The smallest absolute Gasteiger partial charge is 0.347 e. The molecule has 0 saturated carbocycles. The number of ether oxygens (including phenoxy) is 1. The summed E-state index contributed by atoms with van der Waals surface area (Å²) in [5, 5.41) is 26.0. The van der Waals surface area contributed by atoms with Crippen molar-refractivity contribution in [2.24, 2.45) is 0 Å². The Labute approximate surface area is 163 Å². The van der Waals surface area contributed by atoms with Crippen molar-refractivity contribution in [1.29, 1.82) is 0 Å². The third-order valence-corrected chi connectivity index (χ3v) is 5.64. The zero-order valence-corrected chi connectivity index (χ0v) is 14.9. The highest BCUT2D eigenvalue weighted by Crippen LogP contribution is 2.43. The molecule has 0 bridgehead atoms. The lowest BCUT2D eigenvalue weighted by Gasteiger charge is -2.14. The van der Waals surface area contributed by atoms with E-state index >= 15 is 0 Å². The van der Waals surface area contributed by atoms with Crippen LogP contribution in [0.4, 0.5) is 0 Å². The summed E-state index contributed by atoms with van der Waals surface area (Å²) in [4.78, 5) is 25.0. The van der Waals surface area contributed by atoms with Crippen molar-refractivity contribution < 1.29 is 24.5 Å². The van der Waals surface area contributed by atoms with Crippen LogP contribution in [0.5, 0.6) is 11.5 Å². The molecular weight excluding hydrogens is 368 g/mol. The molecule has 0 saturated heterocycles. The Morgan fingerprint density at radius 1 is 0.552 bits per heavy atom. The average Bonchev–Trinajstić information content (AvgIpc) is 3.01. The minimum atomic E-state index is -0.652. The van der Waals surface area contributed by atoms with Gasteiger partial charge in [0, 0.05) is 0 Å². The molecule has 1 heterocycles. The molecule has 5 aromatic rings. The molecule has 1 aliphatic heterocycles. The number of rotatable bonds is 0. The summed E-state index contributed by atoms with van der Waals surface area (Å²) in [6, 6.07) is 17.3. The van der Waals surface area contributed by atoms with Crippen LogP contribution in [0.15, 0.2) is 60.7 Å². The van der Waals surface area contributed by atoms with Crippen LogP contribution in [0.2, 0.25) is 0 Å². The Bertz CT molecular complexity index is 1460. The van der Waals surface area contributed by atoms with E-state index in [1.165, 1.54) is 0 Å². The minimum Gasteiger partial charge on any atom is -0.508 e. The maximum absolute atomic E-state index is 12.5. The summed E-state index contributed by atoms with van der Waals surface area (Å²) in [5.74, 6) is -1.01. The number of esters is 2. The molecule has 0 aliphatic carbocycles. The van der Waals surface area contributed by atoms with Crippen LogP contribution in [0, 0.1) is 0 Å². The third kappa shape index (κ3) is 1.99. The second-order valence-electron chi connectivity index (χ2n) is 7.21. The number of hydrogen-bond acceptors (Lipinski definition) is 5. The number of carbonyl (C=O) groups excluding carboxylic acids is 2. The van der Waals surface area contributed by atoms with Gasteiger partial charge >= 0.3 is 11.9 Å². The Balaban J connectivity index is 2.01. The van der Waals surface area contributed by atoms with Crippen molar-refractivity contribution in [3.63, 3.8) is 0 Å². The molecule has 0 amide bonds. The van der Waals surface area contributed by atoms with Gasteiger partial charge in [-0.1, -0.05) is 36.4 Å². The van der Waals surface area contributed by atoms with Crippen LogP contribution in [0.25, 0.3) is 43.1 Å². The molecule has 5 heteroatoms. The highest BCUT2D eigenvalue weighted by molar-refractivity contribution is 6.37. The van der Waals surface area contributed by atoms with Gasteiger partial charge in [0.2, 0.25) is 0 Å². The van der Waals surface area contributed by atoms with Crippen LogP contribution >= 0.6 is 0 Å². The van der Waals surface area contributed by atoms with Crippen molar-refractivity contribution in [3.05, 3.63) is 71.8 Å². The Morgan fingerprint density at radius 3 is 1.41 bits per heavy atom. The van der Waals surface area contributed by atoms with Crippen molar-refractivity contribution in [1.82, 2.24) is 0 Å². The van der Waals surface area contributed by atoms with Crippen molar-refractivity contribution >= 4 is 55.0 Å². The molecule has 0 radical (unpaired) electrons. The normalized spacial score (nSPS) is 13.5. The number of benzene rings is 5. The van der Waals surface area contributed by atoms with Gasteiger partial charge < -0.3 is 14.9 Å². The summed E-state index contributed by atoms with van der Waals surface area (Å²) in [5.41, 5.74) is 0.538. The first kappa shape index (κ1) is 15.9. The van der Waals surface area contributed by atoms with Crippen molar-refractivity contribution in [2.75, 3.05) is 0 Å². The largest absolute Gasteiger partial charge is 0.508 e. The predicted molar refractivity (Wildman–Crippen MR) is 110 cm³/mol. The summed E-state index contributed by atoms with van der Waals surface area (Å²) in [7, 11) is 0. The molecule has 29 heavy (non-hydrogen) atoms. The molecule has 138 valence electrons. The number of phenols is 2. The Hall–Kier alpha value is -4.12. The first-order valence-electron chi connectivity index (χ1n) is 9.06. The van der Waals surface area contributed by atoms with Crippen molar-refractivity contribution in [3.8, 4) is 11.5 Å². The topological polar surface area (TPSA) is 83.8 Å². The van der Waals surface area contributed by atoms with Crippen LogP contribution in [0.1, 0.15) is 20.7 Å². The third-order valence-electron chi connectivity index (χ3n) is 5.64. The average molecular weight is 380 g/mol. The van der Waals surface area contributed by atoms with Crippen LogP contribution in [0.3, 0.4) is 0 Å². The number of carbonyl (C=O) groups is 2. The first-order chi connectivity index (χ1) is 14.0. The zero-order chi connectivity index (χ0) is 19.9. The molecule has 5 aromatic carbocycles. The highest BCUT2D eigenvalue weighted by Gasteiger charge is 2.35. The molecule has 0 aromatic heterocycles. The molecule has 5 nitrogen and oxygen atoms in total. The lowest BCUT2D eigenvalue weighted by atomic mass is 9.87. The molecule has 6 rings (SSSR count). The summed E-state index contributed by atoms with van der Waals surface area (Å²) < 4.78 is 4.95. The fourth-order valence-corrected chi connectivity index (χ4v) is 4.47. The maximum Gasteiger partial charge on any atom is 0.347 e. The van der Waals surface area contributed by atoms with Crippen LogP contribution in [-0.4, -0.2) is 22.2 Å². The number of phenolic OH excluding ortho intramolecular Hbond substituents is 2. The van der Waals surface area contributed by atoms with Gasteiger partial charge in [-0.05, 0) is 67.4 Å². The molecule has 1 aliphatic rings. The van der Waals surface area contributed by atoms with Gasteiger partial charge in [0.05, 0.1) is 11.1 Å². The van der Waals surface area contributed by atoms with E-state index in [0.717, 1.165) is 32.3 Å². The summed E-state index contributed by atoms with van der Waals surface area (Å²) in [6.07, 6.45) is 0. The molecular formula is C24H12O5. The number of fused-ring (bicyclic) bond motifs is 10. The van der Waals surface area contributed by atoms with Gasteiger partial charge in [0.1, 0.15) is 11.5 Å². The zero-order valence-electron chi connectivity index (χ0n) is 14.9. The van der Waals surface area contributed by atoms with Gasteiger partial charge in [-0.15, -0.1) is 0 Å². The van der Waals surface area contributed by atoms with Crippen LogP contribution < -0.4 is 0 Å². The number of cyclic esters (lactones) is 2. The lowest BCUT2D eigenvalue weighted by molar-refractivity contribution is 0.0445. The van der Waals surface area contributed by atoms with Crippen molar-refractivity contribution in [2.45, 2.75) is 0 Å². The fraction of sp³-hybridized carbons (Fsp3) is 0. The number of aromatic hydroxyl groups is 2. The second kappa shape index (κ2) is 5.23. The monoisotopic (exact) mass is 380 g/mol. The SMILES string of the molecule is O=C1OC(=O)c2c1c1ccc3cc(O)ccc3c1c1c2ccc2cc(O)ccc21. The predicted octanol–water partition coefficient (Wildman–Crippen LogP) is 5.02. The molecule has 0 fully saturated rings. The van der Waals surface area contributed by atoms with E-state index in [2.05, 4.69) is 0 Å². The molecule has 0 spiro atoms. The van der Waals surface area contributed by atoms with Gasteiger partial charge in [0.25, 0.3) is 0 Å². The quantitative estimate of drug-likeness (QED) is 0.224. The summed E-state index contributed by atoms with van der Waals surface area (Å²) in [6.45, 7) is 0. The lowest BCUT2D eigenvalue weighted by Crippen LogP contribution is -1.97. The van der Waals surface area contributed by atoms with E-state index in [-0.39, 0.29) is 22.6 Å². The van der Waals surface area contributed by atoms with Gasteiger partial charge in [-0.25, -0.2) is 9.59 Å². The second-order valence-corrected chi connectivity index (χ2v) is 7.21. The fourth-order valence-electron chi connectivity index (χ4n) is 4.47. The van der Waals surface area contributed by atoms with E-state index in [4.69, 9.17) is 4.74 Å². The van der Waals surface area contributed by atoms with E-state index in [1.54, 1.807) is 48.5 Å². The van der Waals surface area contributed by atoms with E-state index in [0.29, 0.717) is 10.8 Å². The highest BCUT2D eigenvalue weighted by atomic mass is 16.6.